The molecule has 80 valence electrons. The normalized spacial score (nSPS) is 19.6. The smallest absolute Gasteiger partial charge is 0.234 e. The van der Waals surface area contributed by atoms with Crippen molar-refractivity contribution in [3.63, 3.8) is 0 Å². The van der Waals surface area contributed by atoms with E-state index in [1.54, 1.807) is 0 Å². The quantitative estimate of drug-likeness (QED) is 0.728. The molecular formula is C12H14ClNO. The Hall–Kier alpha value is -1.02. The zero-order chi connectivity index (χ0) is 11.2. The molecule has 1 heterocycles. The number of fused-ring (bicyclic) bond motifs is 1. The zero-order valence-corrected chi connectivity index (χ0v) is 9.85. The third-order valence-electron chi connectivity index (χ3n) is 2.99. The fraction of sp³-hybridized carbons (Fsp3) is 0.417. The highest BCUT2D eigenvalue weighted by Crippen LogP contribution is 2.39. The molecule has 0 spiro atoms. The van der Waals surface area contributed by atoms with Gasteiger partial charge < -0.3 is 5.32 Å². The summed E-state index contributed by atoms with van der Waals surface area (Å²) < 4.78 is 0. The van der Waals surface area contributed by atoms with Gasteiger partial charge in [0.2, 0.25) is 5.91 Å². The fourth-order valence-corrected chi connectivity index (χ4v) is 1.97. The lowest BCUT2D eigenvalue weighted by Gasteiger charge is -2.16. The lowest BCUT2D eigenvalue weighted by molar-refractivity contribution is -0.119. The number of amides is 1. The number of benzene rings is 1. The van der Waals surface area contributed by atoms with Crippen LogP contribution in [0.25, 0.3) is 0 Å². The second-order valence-corrected chi connectivity index (χ2v) is 5.15. The molecule has 15 heavy (non-hydrogen) atoms. The molecule has 1 aromatic rings. The highest BCUT2D eigenvalue weighted by atomic mass is 35.5. The van der Waals surface area contributed by atoms with Gasteiger partial charge in [-0.1, -0.05) is 12.1 Å². The number of rotatable bonds is 1. The van der Waals surface area contributed by atoms with Crippen LogP contribution in [0, 0.1) is 0 Å². The Morgan fingerprint density at radius 3 is 2.67 bits per heavy atom. The van der Waals surface area contributed by atoms with Gasteiger partial charge in [-0.15, -0.1) is 11.6 Å². The molecule has 0 fully saturated rings. The van der Waals surface area contributed by atoms with Crippen LogP contribution < -0.4 is 5.32 Å². The fourth-order valence-electron chi connectivity index (χ4n) is 1.84. The summed E-state index contributed by atoms with van der Waals surface area (Å²) in [4.78, 5) is 11.7. The van der Waals surface area contributed by atoms with Crippen molar-refractivity contribution in [3.8, 4) is 0 Å². The van der Waals surface area contributed by atoms with Gasteiger partial charge in [-0.3, -0.25) is 4.79 Å². The maximum atomic E-state index is 11.7. The third-order valence-corrected chi connectivity index (χ3v) is 3.24. The molecular weight excluding hydrogens is 210 g/mol. The Morgan fingerprint density at radius 1 is 1.40 bits per heavy atom. The second-order valence-electron chi connectivity index (χ2n) is 4.50. The number of halogens is 1. The maximum absolute atomic E-state index is 11.7. The van der Waals surface area contributed by atoms with Gasteiger partial charge in [0.25, 0.3) is 0 Å². The molecule has 1 aromatic carbocycles. The molecule has 1 amide bonds. The van der Waals surface area contributed by atoms with Gasteiger partial charge in [0, 0.05) is 5.69 Å². The largest absolute Gasteiger partial charge is 0.325 e. The van der Waals surface area contributed by atoms with E-state index in [1.807, 2.05) is 39.0 Å². The van der Waals surface area contributed by atoms with Crippen molar-refractivity contribution in [1.29, 1.82) is 0 Å². The number of carbonyl (C=O) groups is 1. The van der Waals surface area contributed by atoms with Crippen LogP contribution in [-0.4, -0.2) is 5.91 Å². The van der Waals surface area contributed by atoms with Gasteiger partial charge in [0.15, 0.2) is 0 Å². The van der Waals surface area contributed by atoms with E-state index in [2.05, 4.69) is 5.32 Å². The van der Waals surface area contributed by atoms with Crippen LogP contribution in [0.3, 0.4) is 0 Å². The van der Waals surface area contributed by atoms with Crippen molar-refractivity contribution in [2.45, 2.75) is 31.6 Å². The molecule has 0 aliphatic carbocycles. The van der Waals surface area contributed by atoms with Crippen LogP contribution in [0.15, 0.2) is 18.2 Å². The average molecular weight is 224 g/mol. The van der Waals surface area contributed by atoms with Crippen LogP contribution >= 0.6 is 11.6 Å². The number of alkyl halides is 1. The standard InChI is InChI=1S/C12H14ClNO/c1-7(13)8-4-5-10-9(6-8)12(2,3)11(15)14-10/h4-7H,1-3H3,(H,14,15). The van der Waals surface area contributed by atoms with E-state index >= 15 is 0 Å². The van der Waals surface area contributed by atoms with Gasteiger partial charge in [0.1, 0.15) is 0 Å². The molecule has 0 saturated heterocycles. The van der Waals surface area contributed by atoms with Gasteiger partial charge in [-0.2, -0.15) is 0 Å². The number of carbonyl (C=O) groups excluding carboxylic acids is 1. The van der Waals surface area contributed by atoms with E-state index in [-0.39, 0.29) is 11.3 Å². The molecule has 3 heteroatoms. The first-order valence-corrected chi connectivity index (χ1v) is 5.46. The van der Waals surface area contributed by atoms with E-state index in [9.17, 15) is 4.79 Å². The molecule has 1 aliphatic rings. The molecule has 0 saturated carbocycles. The summed E-state index contributed by atoms with van der Waals surface area (Å²) in [7, 11) is 0. The van der Waals surface area contributed by atoms with Crippen molar-refractivity contribution in [3.05, 3.63) is 29.3 Å². The second kappa shape index (κ2) is 3.24. The van der Waals surface area contributed by atoms with Crippen LogP contribution in [0.1, 0.15) is 37.3 Å². The minimum absolute atomic E-state index is 0.0261. The van der Waals surface area contributed by atoms with Crippen molar-refractivity contribution < 1.29 is 4.79 Å². The Morgan fingerprint density at radius 2 is 2.07 bits per heavy atom. The molecule has 2 rings (SSSR count). The van der Waals surface area contributed by atoms with E-state index in [0.717, 1.165) is 16.8 Å². The topological polar surface area (TPSA) is 29.1 Å². The minimum atomic E-state index is -0.447. The van der Waals surface area contributed by atoms with Gasteiger partial charge in [-0.05, 0) is 38.0 Å². The lowest BCUT2D eigenvalue weighted by atomic mass is 9.85. The lowest BCUT2D eigenvalue weighted by Crippen LogP contribution is -2.26. The first kappa shape index (κ1) is 10.5. The van der Waals surface area contributed by atoms with Crippen LogP contribution in [0.2, 0.25) is 0 Å². The summed E-state index contributed by atoms with van der Waals surface area (Å²) in [6, 6.07) is 5.90. The van der Waals surface area contributed by atoms with E-state index in [0.29, 0.717) is 0 Å². The van der Waals surface area contributed by atoms with E-state index < -0.39 is 5.41 Å². The number of anilines is 1. The van der Waals surface area contributed by atoms with Crippen LogP contribution in [-0.2, 0) is 10.2 Å². The predicted octanol–water partition coefficient (Wildman–Crippen LogP) is 3.22. The highest BCUT2D eigenvalue weighted by molar-refractivity contribution is 6.20. The maximum Gasteiger partial charge on any atom is 0.234 e. The molecule has 0 bridgehead atoms. The molecule has 0 radical (unpaired) electrons. The third kappa shape index (κ3) is 1.53. The SMILES string of the molecule is CC(Cl)c1ccc2c(c1)C(C)(C)C(=O)N2. The van der Waals surface area contributed by atoms with E-state index in [4.69, 9.17) is 11.6 Å². The number of hydrogen-bond donors (Lipinski definition) is 1. The van der Waals surface area contributed by atoms with E-state index in [1.165, 1.54) is 0 Å². The Labute approximate surface area is 94.6 Å². The van der Waals surface area contributed by atoms with Gasteiger partial charge in [-0.25, -0.2) is 0 Å². The number of hydrogen-bond acceptors (Lipinski definition) is 1. The monoisotopic (exact) mass is 223 g/mol. The Balaban J connectivity index is 2.55. The van der Waals surface area contributed by atoms with Crippen LogP contribution in [0.5, 0.6) is 0 Å². The summed E-state index contributed by atoms with van der Waals surface area (Å²) in [6.45, 7) is 5.79. The zero-order valence-electron chi connectivity index (χ0n) is 9.10. The van der Waals surface area contributed by atoms with Gasteiger partial charge in [0.05, 0.1) is 10.8 Å². The summed E-state index contributed by atoms with van der Waals surface area (Å²) in [6.07, 6.45) is 0. The van der Waals surface area contributed by atoms with Crippen molar-refractivity contribution >= 4 is 23.2 Å². The molecule has 1 N–H and O–H groups in total. The highest BCUT2D eigenvalue weighted by Gasteiger charge is 2.38. The summed E-state index contributed by atoms with van der Waals surface area (Å²) in [5, 5.41) is 2.85. The Bertz CT molecular complexity index is 424. The molecule has 1 atom stereocenters. The molecule has 1 unspecified atom stereocenters. The minimum Gasteiger partial charge on any atom is -0.325 e. The first-order valence-electron chi connectivity index (χ1n) is 5.03. The predicted molar refractivity (Wildman–Crippen MR) is 62.4 cm³/mol. The van der Waals surface area contributed by atoms with Crippen LogP contribution in [0.4, 0.5) is 5.69 Å². The summed E-state index contributed by atoms with van der Waals surface area (Å²) in [5.74, 6) is 0.0527. The molecule has 2 nitrogen and oxygen atoms in total. The summed E-state index contributed by atoms with van der Waals surface area (Å²) >= 11 is 6.03. The molecule has 0 aromatic heterocycles. The average Bonchev–Trinajstić information content (AvgIpc) is 2.38. The molecule has 1 aliphatic heterocycles. The number of nitrogens with one attached hydrogen (secondary N) is 1. The van der Waals surface area contributed by atoms with Crippen molar-refractivity contribution in [1.82, 2.24) is 0 Å². The summed E-state index contributed by atoms with van der Waals surface area (Å²) in [5.41, 5.74) is 2.56. The van der Waals surface area contributed by atoms with Crippen molar-refractivity contribution in [2.24, 2.45) is 0 Å². The Kier molecular flexibility index (Phi) is 2.27. The first-order chi connectivity index (χ1) is 6.93. The van der Waals surface area contributed by atoms with Crippen molar-refractivity contribution in [2.75, 3.05) is 5.32 Å². The van der Waals surface area contributed by atoms with Gasteiger partial charge >= 0.3 is 0 Å².